The van der Waals surface area contributed by atoms with Gasteiger partial charge in [-0.1, -0.05) is 30.3 Å². The van der Waals surface area contributed by atoms with Gasteiger partial charge in [0.05, 0.1) is 0 Å². The fourth-order valence-corrected chi connectivity index (χ4v) is 3.20. The van der Waals surface area contributed by atoms with Gasteiger partial charge in [0.25, 0.3) is 0 Å². The van der Waals surface area contributed by atoms with E-state index in [1.165, 1.54) is 24.3 Å². The van der Waals surface area contributed by atoms with Crippen LogP contribution < -0.4 is 10.6 Å². The van der Waals surface area contributed by atoms with Crippen LogP contribution in [0.3, 0.4) is 0 Å². The van der Waals surface area contributed by atoms with Crippen LogP contribution in [0.25, 0.3) is 0 Å². The molecule has 1 heterocycles. The van der Waals surface area contributed by atoms with Gasteiger partial charge in [-0.25, -0.2) is 4.39 Å². The maximum Gasteiger partial charge on any atom is 0.246 e. The van der Waals surface area contributed by atoms with Gasteiger partial charge in [0.2, 0.25) is 11.8 Å². The molecule has 0 bridgehead atoms. The molecule has 1 fully saturated rings. The molecular weight excluding hydrogens is 345 g/mol. The van der Waals surface area contributed by atoms with Crippen molar-refractivity contribution < 1.29 is 14.0 Å². The van der Waals surface area contributed by atoms with Crippen LogP contribution in [-0.4, -0.2) is 36.3 Å². The first-order chi connectivity index (χ1) is 13.1. The van der Waals surface area contributed by atoms with Crippen LogP contribution in [0.5, 0.6) is 0 Å². The van der Waals surface area contributed by atoms with Crippen molar-refractivity contribution in [3.05, 3.63) is 66.0 Å². The molecule has 0 aliphatic carbocycles. The van der Waals surface area contributed by atoms with E-state index in [4.69, 9.17) is 0 Å². The summed E-state index contributed by atoms with van der Waals surface area (Å²) in [4.78, 5) is 26.8. The molecule has 2 N–H and O–H groups in total. The maximum absolute atomic E-state index is 13.1. The number of halogens is 1. The fraction of sp³-hybridized carbons (Fsp3) is 0.333. The van der Waals surface area contributed by atoms with E-state index in [1.807, 2.05) is 35.2 Å². The molecule has 27 heavy (non-hydrogen) atoms. The molecule has 0 aromatic heterocycles. The second-order valence-corrected chi connectivity index (χ2v) is 6.63. The molecule has 2 amide bonds. The van der Waals surface area contributed by atoms with E-state index in [1.54, 1.807) is 0 Å². The molecule has 2 aromatic rings. The molecule has 0 saturated carbocycles. The van der Waals surface area contributed by atoms with Gasteiger partial charge in [-0.3, -0.25) is 9.59 Å². The molecule has 1 saturated heterocycles. The molecule has 1 aliphatic heterocycles. The number of carbonyl (C=O) groups excluding carboxylic acids is 2. The van der Waals surface area contributed by atoms with Gasteiger partial charge in [0, 0.05) is 31.7 Å². The lowest BCUT2D eigenvalue weighted by atomic mass is 10.1. The first-order valence-corrected chi connectivity index (χ1v) is 9.26. The van der Waals surface area contributed by atoms with E-state index in [0.717, 1.165) is 31.5 Å². The van der Waals surface area contributed by atoms with Crippen LogP contribution in [0.2, 0.25) is 0 Å². The minimum atomic E-state index is -0.595. The van der Waals surface area contributed by atoms with Crippen molar-refractivity contribution in [1.82, 2.24) is 10.2 Å². The van der Waals surface area contributed by atoms with Crippen molar-refractivity contribution >= 4 is 17.5 Å². The van der Waals surface area contributed by atoms with Crippen molar-refractivity contribution in [2.24, 2.45) is 0 Å². The van der Waals surface area contributed by atoms with Crippen molar-refractivity contribution in [3.63, 3.8) is 0 Å². The van der Waals surface area contributed by atoms with E-state index in [2.05, 4.69) is 10.6 Å². The maximum atomic E-state index is 13.1. The molecule has 6 heteroatoms. The number of nitrogens with zero attached hydrogens (tertiary/aromatic N) is 1. The van der Waals surface area contributed by atoms with Crippen molar-refractivity contribution in [2.45, 2.75) is 25.3 Å². The Labute approximate surface area is 158 Å². The second kappa shape index (κ2) is 9.28. The number of likely N-dealkylation sites (tertiary alicyclic amines) is 1. The number of carbonyl (C=O) groups is 2. The minimum Gasteiger partial charge on any atom is -0.343 e. The summed E-state index contributed by atoms with van der Waals surface area (Å²) in [7, 11) is 0. The van der Waals surface area contributed by atoms with Crippen molar-refractivity contribution in [3.8, 4) is 0 Å². The summed E-state index contributed by atoms with van der Waals surface area (Å²) >= 11 is 0. The van der Waals surface area contributed by atoms with E-state index in [9.17, 15) is 14.0 Å². The lowest BCUT2D eigenvalue weighted by molar-refractivity contribution is -0.130. The Hall–Kier alpha value is -2.73. The normalized spacial score (nSPS) is 14.8. The number of hydrogen-bond donors (Lipinski definition) is 2. The first kappa shape index (κ1) is 19.0. The van der Waals surface area contributed by atoms with Crippen LogP contribution in [0.15, 0.2) is 54.6 Å². The number of nitrogens with one attached hydrogen (secondary N) is 2. The Balaban J connectivity index is 1.62. The summed E-state index contributed by atoms with van der Waals surface area (Å²) in [5.74, 6) is -0.488. The molecule has 142 valence electrons. The van der Waals surface area contributed by atoms with E-state index in [-0.39, 0.29) is 17.6 Å². The van der Waals surface area contributed by atoms with Gasteiger partial charge in [0.15, 0.2) is 0 Å². The largest absolute Gasteiger partial charge is 0.343 e. The summed E-state index contributed by atoms with van der Waals surface area (Å²) in [6.07, 6.45) is 2.48. The van der Waals surface area contributed by atoms with Crippen molar-refractivity contribution in [2.75, 3.05) is 25.0 Å². The van der Waals surface area contributed by atoms with Crippen LogP contribution in [0, 0.1) is 5.82 Å². The van der Waals surface area contributed by atoms with Gasteiger partial charge in [0.1, 0.15) is 11.9 Å². The standard InChI is InChI=1S/C21H24FN3O2/c22-17-8-10-18(11-9-17)24-21(27)20(16-6-2-1-3-7-16)23-13-12-19(26)25-14-4-5-15-25/h1-3,6-11,20,23H,4-5,12-15H2,(H,24,27)/t20-/m1/s1. The second-order valence-electron chi connectivity index (χ2n) is 6.63. The Morgan fingerprint density at radius 2 is 1.67 bits per heavy atom. The highest BCUT2D eigenvalue weighted by Crippen LogP contribution is 2.17. The number of anilines is 1. The van der Waals surface area contributed by atoms with Gasteiger partial charge >= 0.3 is 0 Å². The minimum absolute atomic E-state index is 0.116. The average Bonchev–Trinajstić information content (AvgIpc) is 3.22. The summed E-state index contributed by atoms with van der Waals surface area (Å²) in [6.45, 7) is 2.06. The third-order valence-corrected chi connectivity index (χ3v) is 4.65. The highest BCUT2D eigenvalue weighted by atomic mass is 19.1. The van der Waals surface area contributed by atoms with Gasteiger partial charge in [-0.05, 0) is 42.7 Å². The molecule has 5 nitrogen and oxygen atoms in total. The van der Waals surface area contributed by atoms with Gasteiger partial charge in [-0.15, -0.1) is 0 Å². The highest BCUT2D eigenvalue weighted by Gasteiger charge is 2.22. The third-order valence-electron chi connectivity index (χ3n) is 4.65. The molecule has 0 spiro atoms. The quantitative estimate of drug-likeness (QED) is 0.788. The highest BCUT2D eigenvalue weighted by molar-refractivity contribution is 5.95. The number of amides is 2. The topological polar surface area (TPSA) is 61.4 Å². The monoisotopic (exact) mass is 369 g/mol. The molecule has 3 rings (SSSR count). The summed E-state index contributed by atoms with van der Waals surface area (Å²) in [5.41, 5.74) is 1.34. The fourth-order valence-electron chi connectivity index (χ4n) is 3.20. The lowest BCUT2D eigenvalue weighted by Gasteiger charge is -2.20. The Bertz CT molecular complexity index is 759. The summed E-state index contributed by atoms with van der Waals surface area (Å²) < 4.78 is 13.1. The Morgan fingerprint density at radius 3 is 2.33 bits per heavy atom. The van der Waals surface area contributed by atoms with Gasteiger partial charge < -0.3 is 15.5 Å². The first-order valence-electron chi connectivity index (χ1n) is 9.26. The molecule has 0 radical (unpaired) electrons. The smallest absolute Gasteiger partial charge is 0.246 e. The van der Waals surface area contributed by atoms with Crippen LogP contribution in [0.1, 0.15) is 30.9 Å². The van der Waals surface area contributed by atoms with Crippen LogP contribution in [-0.2, 0) is 9.59 Å². The van der Waals surface area contributed by atoms with Crippen LogP contribution in [0.4, 0.5) is 10.1 Å². The molecular formula is C21H24FN3O2. The zero-order chi connectivity index (χ0) is 19.1. The lowest BCUT2D eigenvalue weighted by Crippen LogP contribution is -2.36. The SMILES string of the molecule is O=C(Nc1ccc(F)cc1)[C@H](NCCC(=O)N1CCCC1)c1ccccc1. The molecule has 2 aromatic carbocycles. The zero-order valence-corrected chi connectivity index (χ0v) is 15.2. The van der Waals surface area contributed by atoms with E-state index in [0.29, 0.717) is 18.7 Å². The van der Waals surface area contributed by atoms with Crippen LogP contribution >= 0.6 is 0 Å². The number of benzene rings is 2. The summed E-state index contributed by atoms with van der Waals surface area (Å²) in [6, 6.07) is 14.4. The molecule has 0 unspecified atom stereocenters. The zero-order valence-electron chi connectivity index (χ0n) is 15.2. The predicted molar refractivity (Wildman–Crippen MR) is 103 cm³/mol. The third kappa shape index (κ3) is 5.37. The van der Waals surface area contributed by atoms with E-state index < -0.39 is 6.04 Å². The predicted octanol–water partition coefficient (Wildman–Crippen LogP) is 3.11. The Kier molecular flexibility index (Phi) is 6.54. The van der Waals surface area contributed by atoms with E-state index >= 15 is 0 Å². The number of rotatable bonds is 7. The average molecular weight is 369 g/mol. The van der Waals surface area contributed by atoms with Gasteiger partial charge in [-0.2, -0.15) is 0 Å². The molecule has 1 atom stereocenters. The number of hydrogen-bond acceptors (Lipinski definition) is 3. The van der Waals surface area contributed by atoms with Crippen molar-refractivity contribution in [1.29, 1.82) is 0 Å². The molecule has 1 aliphatic rings. The Morgan fingerprint density at radius 1 is 1.00 bits per heavy atom. The summed E-state index contributed by atoms with van der Waals surface area (Å²) in [5, 5.41) is 5.99.